The summed E-state index contributed by atoms with van der Waals surface area (Å²) in [5.41, 5.74) is 8.29. The first-order chi connectivity index (χ1) is 13.7. The number of fused-ring (bicyclic) bond motifs is 7. The second kappa shape index (κ2) is 7.89. The Bertz CT molecular complexity index is 662. The Morgan fingerprint density at radius 3 is 2.46 bits per heavy atom. The molecule has 1 aromatic carbocycles. The molecule has 5 aliphatic rings. The van der Waals surface area contributed by atoms with E-state index in [9.17, 15) is 0 Å². The Morgan fingerprint density at radius 1 is 0.893 bits per heavy atom. The quantitative estimate of drug-likeness (QED) is 0.677. The second-order valence-corrected chi connectivity index (χ2v) is 10.6. The van der Waals surface area contributed by atoms with Gasteiger partial charge < -0.3 is 11.1 Å². The van der Waals surface area contributed by atoms with E-state index in [4.69, 9.17) is 5.73 Å². The van der Waals surface area contributed by atoms with Crippen molar-refractivity contribution in [1.29, 1.82) is 0 Å². The molecule has 3 saturated carbocycles. The van der Waals surface area contributed by atoms with Gasteiger partial charge in [-0.05, 0) is 80.8 Å². The number of para-hydroxylation sites is 2. The van der Waals surface area contributed by atoms with Gasteiger partial charge in [0.25, 0.3) is 0 Å². The van der Waals surface area contributed by atoms with E-state index >= 15 is 0 Å². The van der Waals surface area contributed by atoms with Crippen molar-refractivity contribution in [2.24, 2.45) is 23.7 Å². The number of hydrogen-bond donors (Lipinski definition) is 2. The molecule has 2 aliphatic heterocycles. The number of piperidine rings is 1. The molecule has 1 aromatic rings. The molecule has 7 atom stereocenters. The van der Waals surface area contributed by atoms with Gasteiger partial charge in [-0.2, -0.15) is 0 Å². The predicted octanol–water partition coefficient (Wildman–Crippen LogP) is 5.53. The predicted molar refractivity (Wildman–Crippen MR) is 118 cm³/mol. The smallest absolute Gasteiger partial charge is 0.0576 e. The molecule has 6 rings (SSSR count). The summed E-state index contributed by atoms with van der Waals surface area (Å²) in [5, 5.41) is 3.88. The van der Waals surface area contributed by atoms with Crippen LogP contribution in [0, 0.1) is 23.7 Å². The molecule has 3 nitrogen and oxygen atoms in total. The van der Waals surface area contributed by atoms with Gasteiger partial charge in [0.1, 0.15) is 0 Å². The Labute approximate surface area is 171 Å². The molecule has 28 heavy (non-hydrogen) atoms. The van der Waals surface area contributed by atoms with Crippen molar-refractivity contribution in [3.05, 3.63) is 24.3 Å². The summed E-state index contributed by atoms with van der Waals surface area (Å²) < 4.78 is 0. The van der Waals surface area contributed by atoms with Crippen LogP contribution < -0.4 is 11.1 Å². The van der Waals surface area contributed by atoms with Crippen molar-refractivity contribution >= 4 is 11.4 Å². The topological polar surface area (TPSA) is 41.3 Å². The second-order valence-electron chi connectivity index (χ2n) is 10.6. The van der Waals surface area contributed by atoms with Crippen molar-refractivity contribution in [2.45, 2.75) is 89.3 Å². The molecule has 3 heteroatoms. The van der Waals surface area contributed by atoms with Crippen molar-refractivity contribution in [1.82, 2.24) is 4.90 Å². The lowest BCUT2D eigenvalue weighted by Gasteiger charge is -2.53. The summed E-state index contributed by atoms with van der Waals surface area (Å²) in [6, 6.07) is 10.5. The van der Waals surface area contributed by atoms with Crippen molar-refractivity contribution in [3.63, 3.8) is 0 Å². The van der Waals surface area contributed by atoms with E-state index in [0.717, 1.165) is 47.1 Å². The molecule has 2 heterocycles. The van der Waals surface area contributed by atoms with Crippen LogP contribution in [0.5, 0.6) is 0 Å². The van der Waals surface area contributed by atoms with Crippen LogP contribution in [0.4, 0.5) is 11.4 Å². The number of nitrogen functional groups attached to an aromatic ring is 1. The average Bonchev–Trinajstić information content (AvgIpc) is 2.67. The molecule has 0 spiro atoms. The Kier molecular flexibility index (Phi) is 5.30. The van der Waals surface area contributed by atoms with Gasteiger partial charge in [0.2, 0.25) is 0 Å². The van der Waals surface area contributed by atoms with Gasteiger partial charge in [0.15, 0.2) is 0 Å². The monoisotopic (exact) mass is 381 g/mol. The number of nitrogens with two attached hydrogens (primary N) is 1. The fraction of sp³-hybridized carbons (Fsp3) is 0.760. The van der Waals surface area contributed by atoms with Gasteiger partial charge >= 0.3 is 0 Å². The maximum absolute atomic E-state index is 6.26. The van der Waals surface area contributed by atoms with Crippen LogP contribution in [-0.2, 0) is 0 Å². The highest BCUT2D eigenvalue weighted by molar-refractivity contribution is 5.66. The van der Waals surface area contributed by atoms with E-state index in [0.29, 0.717) is 6.04 Å². The van der Waals surface area contributed by atoms with Crippen LogP contribution in [0.3, 0.4) is 0 Å². The number of anilines is 2. The number of rotatable bonds is 3. The molecule has 0 radical (unpaired) electrons. The number of nitrogens with one attached hydrogen (secondary N) is 1. The average molecular weight is 382 g/mol. The van der Waals surface area contributed by atoms with E-state index in [1.54, 1.807) is 0 Å². The highest BCUT2D eigenvalue weighted by Crippen LogP contribution is 2.45. The normalized spacial score (nSPS) is 41.2. The third-order valence-electron chi connectivity index (χ3n) is 8.58. The van der Waals surface area contributed by atoms with Gasteiger partial charge in [-0.15, -0.1) is 0 Å². The third-order valence-corrected chi connectivity index (χ3v) is 8.58. The van der Waals surface area contributed by atoms with Gasteiger partial charge in [0, 0.05) is 24.7 Å². The summed E-state index contributed by atoms with van der Waals surface area (Å²) in [4.78, 5) is 3.01. The Balaban J connectivity index is 1.34. The van der Waals surface area contributed by atoms with E-state index < -0.39 is 0 Å². The van der Waals surface area contributed by atoms with Crippen LogP contribution >= 0.6 is 0 Å². The maximum Gasteiger partial charge on any atom is 0.0576 e. The van der Waals surface area contributed by atoms with Crippen LogP contribution in [0.25, 0.3) is 0 Å². The van der Waals surface area contributed by atoms with Crippen molar-refractivity contribution in [2.75, 3.05) is 17.6 Å². The number of benzene rings is 1. The van der Waals surface area contributed by atoms with E-state index in [1.807, 2.05) is 12.1 Å². The fourth-order valence-electron chi connectivity index (χ4n) is 7.22. The maximum atomic E-state index is 6.26. The minimum Gasteiger partial charge on any atom is -0.397 e. The van der Waals surface area contributed by atoms with Gasteiger partial charge in [-0.25, -0.2) is 0 Å². The lowest BCUT2D eigenvalue weighted by Crippen LogP contribution is -2.58. The van der Waals surface area contributed by atoms with Crippen LogP contribution in [0.15, 0.2) is 24.3 Å². The SMILES string of the molecule is C[C@H]1CC[C@@H]2C[C@H](Nc3ccccc3N)C(C1)CN2[C@H]1C[C@@H]2CCC[C@@H](C2)C1. The summed E-state index contributed by atoms with van der Waals surface area (Å²) in [6.07, 6.45) is 14.5. The summed E-state index contributed by atoms with van der Waals surface area (Å²) in [6.45, 7) is 3.79. The fourth-order valence-corrected chi connectivity index (χ4v) is 7.22. The molecular formula is C25H39N3. The lowest BCUT2D eigenvalue weighted by atomic mass is 9.68. The summed E-state index contributed by atoms with van der Waals surface area (Å²) >= 11 is 0. The third kappa shape index (κ3) is 3.79. The lowest BCUT2D eigenvalue weighted by molar-refractivity contribution is -0.0142. The molecule has 0 amide bonds. The molecule has 2 saturated heterocycles. The molecule has 0 aromatic heterocycles. The number of nitrogens with zero attached hydrogens (tertiary/aromatic N) is 1. The van der Waals surface area contributed by atoms with Crippen molar-refractivity contribution in [3.8, 4) is 0 Å². The zero-order chi connectivity index (χ0) is 19.1. The zero-order valence-corrected chi connectivity index (χ0v) is 17.7. The minimum atomic E-state index is 0.580. The Hall–Kier alpha value is -1.22. The summed E-state index contributed by atoms with van der Waals surface area (Å²) in [5.74, 6) is 3.67. The van der Waals surface area contributed by atoms with E-state index in [2.05, 4.69) is 29.3 Å². The molecule has 154 valence electrons. The highest BCUT2D eigenvalue weighted by Gasteiger charge is 2.43. The molecule has 1 unspecified atom stereocenters. The first-order valence-electron chi connectivity index (χ1n) is 12.0. The first kappa shape index (κ1) is 18.8. The molecule has 3 aliphatic carbocycles. The first-order valence-corrected chi connectivity index (χ1v) is 12.0. The molecular weight excluding hydrogens is 342 g/mol. The number of hydrogen-bond acceptors (Lipinski definition) is 3. The summed E-state index contributed by atoms with van der Waals surface area (Å²) in [7, 11) is 0. The minimum absolute atomic E-state index is 0.580. The van der Waals surface area contributed by atoms with E-state index in [1.165, 1.54) is 70.8 Å². The van der Waals surface area contributed by atoms with Crippen molar-refractivity contribution < 1.29 is 0 Å². The largest absolute Gasteiger partial charge is 0.397 e. The van der Waals surface area contributed by atoms with Gasteiger partial charge in [0.05, 0.1) is 11.4 Å². The Morgan fingerprint density at radius 2 is 1.68 bits per heavy atom. The van der Waals surface area contributed by atoms with E-state index in [-0.39, 0.29) is 0 Å². The van der Waals surface area contributed by atoms with Crippen LogP contribution in [0.1, 0.15) is 71.1 Å². The van der Waals surface area contributed by atoms with Gasteiger partial charge in [-0.1, -0.05) is 38.3 Å². The van der Waals surface area contributed by atoms with Gasteiger partial charge in [-0.3, -0.25) is 4.90 Å². The molecule has 5 fully saturated rings. The van der Waals surface area contributed by atoms with Crippen LogP contribution in [0.2, 0.25) is 0 Å². The zero-order valence-electron chi connectivity index (χ0n) is 17.7. The van der Waals surface area contributed by atoms with Crippen LogP contribution in [-0.4, -0.2) is 29.6 Å². The molecule has 4 bridgehead atoms. The molecule has 3 N–H and O–H groups in total. The standard InChI is InChI=1S/C25H39N3/c1-17-9-10-21-15-25(27-24-8-3-2-7-23(24)26)20(11-17)16-28(21)22-13-18-5-4-6-19(12-18)14-22/h2-3,7-8,17-22,25,27H,4-6,9-16,26H2,1H3/t17-,18-,19+,20?,21+,22+,25-/m0/s1. The highest BCUT2D eigenvalue weighted by atomic mass is 15.2.